The molecule has 3 rings (SSSR count). The number of hydrogen-bond acceptors (Lipinski definition) is 2. The van der Waals surface area contributed by atoms with Gasteiger partial charge >= 0.3 is 0 Å². The third-order valence-corrected chi connectivity index (χ3v) is 5.40. The van der Waals surface area contributed by atoms with Crippen LogP contribution in [0.5, 0.6) is 0 Å². The topological polar surface area (TPSA) is 46.3 Å². The van der Waals surface area contributed by atoms with Gasteiger partial charge in [-0.15, -0.1) is 0 Å². The number of fused-ring (bicyclic) bond motifs is 1. The molecular formula is C18H26N2O. The summed E-state index contributed by atoms with van der Waals surface area (Å²) >= 11 is 0. The van der Waals surface area contributed by atoms with E-state index in [1.54, 1.807) is 0 Å². The fraction of sp³-hybridized carbons (Fsp3) is 0.611. The summed E-state index contributed by atoms with van der Waals surface area (Å²) in [6.07, 6.45) is 6.25. The first-order valence-electron chi connectivity index (χ1n) is 8.34. The fourth-order valence-corrected chi connectivity index (χ4v) is 4.07. The highest BCUT2D eigenvalue weighted by Gasteiger charge is 2.38. The van der Waals surface area contributed by atoms with E-state index >= 15 is 0 Å². The van der Waals surface area contributed by atoms with Crippen LogP contribution in [0.3, 0.4) is 0 Å². The van der Waals surface area contributed by atoms with Crippen molar-refractivity contribution in [1.82, 2.24) is 0 Å². The van der Waals surface area contributed by atoms with Crippen molar-refractivity contribution in [2.75, 3.05) is 11.4 Å². The summed E-state index contributed by atoms with van der Waals surface area (Å²) in [6.45, 7) is 2.95. The van der Waals surface area contributed by atoms with Crippen LogP contribution < -0.4 is 10.6 Å². The third-order valence-electron chi connectivity index (χ3n) is 5.40. The van der Waals surface area contributed by atoms with Gasteiger partial charge in [-0.25, -0.2) is 0 Å². The Morgan fingerprint density at radius 2 is 2.05 bits per heavy atom. The number of benzene rings is 1. The Bertz CT molecular complexity index is 514. The van der Waals surface area contributed by atoms with Crippen molar-refractivity contribution in [1.29, 1.82) is 0 Å². The molecule has 1 aliphatic carbocycles. The molecule has 1 heterocycles. The van der Waals surface area contributed by atoms with Crippen LogP contribution in [-0.4, -0.2) is 18.5 Å². The van der Waals surface area contributed by atoms with E-state index in [4.69, 9.17) is 5.73 Å². The maximum absolute atomic E-state index is 12.6. The van der Waals surface area contributed by atoms with E-state index in [0.29, 0.717) is 24.9 Å². The molecule has 0 saturated heterocycles. The van der Waals surface area contributed by atoms with Crippen LogP contribution in [0.25, 0.3) is 0 Å². The van der Waals surface area contributed by atoms with Crippen molar-refractivity contribution in [3.63, 3.8) is 0 Å². The van der Waals surface area contributed by atoms with E-state index in [1.807, 2.05) is 6.07 Å². The normalized spacial score (nSPS) is 29.3. The molecule has 0 aromatic heterocycles. The summed E-state index contributed by atoms with van der Waals surface area (Å²) in [5, 5.41) is 0. The number of carbonyl (C=O) groups is 1. The molecule has 3 heteroatoms. The molecule has 0 radical (unpaired) electrons. The van der Waals surface area contributed by atoms with E-state index < -0.39 is 0 Å². The smallest absolute Gasteiger partial charge is 0.227 e. The average Bonchev–Trinajstić information content (AvgIpc) is 2.54. The zero-order valence-corrected chi connectivity index (χ0v) is 12.9. The van der Waals surface area contributed by atoms with Gasteiger partial charge in [-0.2, -0.15) is 0 Å². The van der Waals surface area contributed by atoms with E-state index in [2.05, 4.69) is 30.0 Å². The summed E-state index contributed by atoms with van der Waals surface area (Å²) in [5.74, 6) is 1.47. The Balaban J connectivity index is 1.94. The molecule has 1 aromatic rings. The number of amides is 1. The van der Waals surface area contributed by atoms with Gasteiger partial charge in [0.2, 0.25) is 5.91 Å². The molecule has 1 aromatic carbocycles. The molecule has 114 valence electrons. The minimum Gasteiger partial charge on any atom is -0.330 e. The maximum atomic E-state index is 12.6. The minimum atomic E-state index is 0.286. The number of nitrogens with zero attached hydrogens (tertiary/aromatic N) is 1. The molecule has 1 amide bonds. The van der Waals surface area contributed by atoms with Gasteiger partial charge in [0.15, 0.2) is 0 Å². The molecule has 3 nitrogen and oxygen atoms in total. The van der Waals surface area contributed by atoms with E-state index in [-0.39, 0.29) is 5.91 Å². The van der Waals surface area contributed by atoms with Crippen LogP contribution in [0.1, 0.15) is 44.6 Å². The minimum absolute atomic E-state index is 0.286. The Hall–Kier alpha value is -1.35. The number of aryl methyl sites for hydroxylation is 1. The standard InChI is InChI=1S/C18H26N2O/c1-2-13-7-8-15(12-19)17(11-13)20-16-6-4-3-5-14(16)9-10-18(20)21/h3-6,13,15,17H,2,7-12,19H2,1H3. The third kappa shape index (κ3) is 2.71. The van der Waals surface area contributed by atoms with Crippen LogP contribution in [0.2, 0.25) is 0 Å². The van der Waals surface area contributed by atoms with E-state index in [0.717, 1.165) is 30.9 Å². The predicted octanol–water partition coefficient (Wildman–Crippen LogP) is 3.12. The Kier molecular flexibility index (Phi) is 4.29. The van der Waals surface area contributed by atoms with Crippen molar-refractivity contribution in [3.8, 4) is 0 Å². The second-order valence-electron chi connectivity index (χ2n) is 6.54. The lowest BCUT2D eigenvalue weighted by Crippen LogP contribution is -2.51. The van der Waals surface area contributed by atoms with Gasteiger partial charge in [-0.05, 0) is 55.7 Å². The number of rotatable bonds is 3. The fourth-order valence-electron chi connectivity index (χ4n) is 4.07. The van der Waals surface area contributed by atoms with Crippen molar-refractivity contribution < 1.29 is 4.79 Å². The largest absolute Gasteiger partial charge is 0.330 e. The lowest BCUT2D eigenvalue weighted by atomic mass is 9.75. The summed E-state index contributed by atoms with van der Waals surface area (Å²) in [5.41, 5.74) is 8.46. The number of hydrogen-bond donors (Lipinski definition) is 1. The molecule has 1 fully saturated rings. The zero-order chi connectivity index (χ0) is 14.8. The first-order chi connectivity index (χ1) is 10.2. The van der Waals surface area contributed by atoms with Gasteiger partial charge in [0.25, 0.3) is 0 Å². The molecule has 1 saturated carbocycles. The second-order valence-corrected chi connectivity index (χ2v) is 6.54. The Morgan fingerprint density at radius 3 is 2.81 bits per heavy atom. The first-order valence-corrected chi connectivity index (χ1v) is 8.34. The van der Waals surface area contributed by atoms with Crippen molar-refractivity contribution in [2.24, 2.45) is 17.6 Å². The van der Waals surface area contributed by atoms with Crippen LogP contribution in [0.4, 0.5) is 5.69 Å². The Labute approximate surface area is 127 Å². The SMILES string of the molecule is CCC1CCC(CN)C(N2C(=O)CCc3ccccc32)C1. The molecule has 3 atom stereocenters. The Morgan fingerprint density at radius 1 is 1.24 bits per heavy atom. The van der Waals surface area contributed by atoms with Gasteiger partial charge in [-0.1, -0.05) is 31.5 Å². The quantitative estimate of drug-likeness (QED) is 0.928. The summed E-state index contributed by atoms with van der Waals surface area (Å²) in [4.78, 5) is 14.7. The highest BCUT2D eigenvalue weighted by Crippen LogP contribution is 2.39. The monoisotopic (exact) mass is 286 g/mol. The summed E-state index contributed by atoms with van der Waals surface area (Å²) in [6, 6.07) is 8.68. The van der Waals surface area contributed by atoms with Crippen LogP contribution in [-0.2, 0) is 11.2 Å². The number of nitrogens with two attached hydrogens (primary N) is 1. The summed E-state index contributed by atoms with van der Waals surface area (Å²) < 4.78 is 0. The molecule has 0 bridgehead atoms. The lowest BCUT2D eigenvalue weighted by Gasteiger charge is -2.44. The average molecular weight is 286 g/mol. The number of carbonyl (C=O) groups excluding carboxylic acids is 1. The highest BCUT2D eigenvalue weighted by atomic mass is 16.2. The van der Waals surface area contributed by atoms with Crippen molar-refractivity contribution >= 4 is 11.6 Å². The first kappa shape index (κ1) is 14.6. The molecule has 3 unspecified atom stereocenters. The molecule has 1 aliphatic heterocycles. The molecule has 2 N–H and O–H groups in total. The zero-order valence-electron chi connectivity index (χ0n) is 12.9. The summed E-state index contributed by atoms with van der Waals surface area (Å²) in [7, 11) is 0. The van der Waals surface area contributed by atoms with Gasteiger partial charge in [0.05, 0.1) is 0 Å². The highest BCUT2D eigenvalue weighted by molar-refractivity contribution is 5.97. The van der Waals surface area contributed by atoms with Crippen molar-refractivity contribution in [2.45, 2.75) is 51.5 Å². The lowest BCUT2D eigenvalue weighted by molar-refractivity contribution is -0.119. The number of anilines is 1. The van der Waals surface area contributed by atoms with E-state index in [1.165, 1.54) is 18.4 Å². The van der Waals surface area contributed by atoms with Gasteiger partial charge in [-0.3, -0.25) is 4.79 Å². The maximum Gasteiger partial charge on any atom is 0.227 e. The van der Waals surface area contributed by atoms with Crippen molar-refractivity contribution in [3.05, 3.63) is 29.8 Å². The molecule has 0 spiro atoms. The number of para-hydroxylation sites is 1. The molecule has 21 heavy (non-hydrogen) atoms. The van der Waals surface area contributed by atoms with Gasteiger partial charge in [0, 0.05) is 18.2 Å². The van der Waals surface area contributed by atoms with Crippen LogP contribution in [0, 0.1) is 11.8 Å². The van der Waals surface area contributed by atoms with Gasteiger partial charge < -0.3 is 10.6 Å². The second kappa shape index (κ2) is 6.18. The van der Waals surface area contributed by atoms with Crippen LogP contribution in [0.15, 0.2) is 24.3 Å². The van der Waals surface area contributed by atoms with E-state index in [9.17, 15) is 4.79 Å². The predicted molar refractivity (Wildman–Crippen MR) is 86.2 cm³/mol. The molecular weight excluding hydrogens is 260 g/mol. The van der Waals surface area contributed by atoms with Gasteiger partial charge in [0.1, 0.15) is 0 Å². The van der Waals surface area contributed by atoms with Crippen LogP contribution >= 0.6 is 0 Å². The molecule has 2 aliphatic rings.